The first-order valence-corrected chi connectivity index (χ1v) is 9.71. The maximum absolute atomic E-state index is 13.0. The van der Waals surface area contributed by atoms with Crippen LogP contribution in [0.4, 0.5) is 4.39 Å². The SMILES string of the molecule is CCOc1ccc(-n2ccn3c(SCc4ccc(F)cc4)nnc3c2=O)cc1. The van der Waals surface area contributed by atoms with Crippen LogP contribution in [0.2, 0.25) is 0 Å². The van der Waals surface area contributed by atoms with Crippen molar-refractivity contribution in [3.05, 3.63) is 82.7 Å². The summed E-state index contributed by atoms with van der Waals surface area (Å²) in [6.45, 7) is 2.51. The van der Waals surface area contributed by atoms with E-state index < -0.39 is 0 Å². The number of hydrogen-bond donors (Lipinski definition) is 0. The fourth-order valence-corrected chi connectivity index (χ4v) is 3.64. The highest BCUT2D eigenvalue weighted by molar-refractivity contribution is 7.98. The Hall–Kier alpha value is -3.13. The molecule has 4 rings (SSSR count). The van der Waals surface area contributed by atoms with Crippen molar-refractivity contribution < 1.29 is 9.13 Å². The van der Waals surface area contributed by atoms with Gasteiger partial charge >= 0.3 is 5.56 Å². The Bertz CT molecular complexity index is 1150. The number of benzene rings is 2. The molecule has 0 aliphatic carbocycles. The third-order valence-corrected chi connectivity index (χ3v) is 5.16. The highest BCUT2D eigenvalue weighted by Crippen LogP contribution is 2.21. The van der Waals surface area contributed by atoms with Crippen LogP contribution in [-0.2, 0) is 5.75 Å². The summed E-state index contributed by atoms with van der Waals surface area (Å²) in [6, 6.07) is 13.6. The summed E-state index contributed by atoms with van der Waals surface area (Å²) in [4.78, 5) is 12.8. The van der Waals surface area contributed by atoms with Crippen molar-refractivity contribution in [1.82, 2.24) is 19.2 Å². The van der Waals surface area contributed by atoms with Crippen molar-refractivity contribution in [3.63, 3.8) is 0 Å². The standard InChI is InChI=1S/C20H17FN4O2S/c1-2-27-17-9-7-16(8-10-17)24-11-12-25-18(19(24)26)22-23-20(25)28-13-14-3-5-15(21)6-4-14/h3-12H,2,13H2,1H3. The summed E-state index contributed by atoms with van der Waals surface area (Å²) in [5.74, 6) is 1.09. The van der Waals surface area contributed by atoms with Crippen LogP contribution in [-0.4, -0.2) is 25.8 Å². The van der Waals surface area contributed by atoms with Gasteiger partial charge in [-0.25, -0.2) is 4.39 Å². The number of hydrogen-bond acceptors (Lipinski definition) is 5. The van der Waals surface area contributed by atoms with E-state index in [9.17, 15) is 9.18 Å². The Morgan fingerprint density at radius 2 is 1.79 bits per heavy atom. The second kappa shape index (κ2) is 7.85. The molecule has 2 aromatic heterocycles. The van der Waals surface area contributed by atoms with Crippen LogP contribution in [0.1, 0.15) is 12.5 Å². The molecule has 0 unspecified atom stereocenters. The van der Waals surface area contributed by atoms with E-state index in [1.807, 2.05) is 31.2 Å². The average Bonchev–Trinajstić information content (AvgIpc) is 3.13. The second-order valence-electron chi connectivity index (χ2n) is 5.99. The maximum atomic E-state index is 13.0. The largest absolute Gasteiger partial charge is 0.494 e. The van der Waals surface area contributed by atoms with E-state index in [-0.39, 0.29) is 17.0 Å². The van der Waals surface area contributed by atoms with Crippen LogP contribution in [0.5, 0.6) is 5.75 Å². The normalized spacial score (nSPS) is 11.1. The molecule has 0 bridgehead atoms. The van der Waals surface area contributed by atoms with Crippen molar-refractivity contribution in [3.8, 4) is 11.4 Å². The van der Waals surface area contributed by atoms with Crippen molar-refractivity contribution in [2.75, 3.05) is 6.61 Å². The van der Waals surface area contributed by atoms with E-state index in [0.29, 0.717) is 17.5 Å². The number of aromatic nitrogens is 4. The number of fused-ring (bicyclic) bond motifs is 1. The Balaban J connectivity index is 1.60. The molecule has 0 saturated heterocycles. The van der Waals surface area contributed by atoms with Gasteiger partial charge in [0.05, 0.1) is 6.61 Å². The molecule has 0 saturated carbocycles. The third kappa shape index (κ3) is 3.63. The van der Waals surface area contributed by atoms with E-state index >= 15 is 0 Å². The summed E-state index contributed by atoms with van der Waals surface area (Å²) in [7, 11) is 0. The number of thioether (sulfide) groups is 1. The lowest BCUT2D eigenvalue weighted by Crippen LogP contribution is -2.20. The zero-order chi connectivity index (χ0) is 19.5. The molecule has 0 atom stereocenters. The Morgan fingerprint density at radius 1 is 1.04 bits per heavy atom. The van der Waals surface area contributed by atoms with Crippen molar-refractivity contribution in [2.45, 2.75) is 17.8 Å². The van der Waals surface area contributed by atoms with Crippen LogP contribution >= 0.6 is 11.8 Å². The minimum atomic E-state index is -0.267. The monoisotopic (exact) mass is 396 g/mol. The van der Waals surface area contributed by atoms with E-state index in [0.717, 1.165) is 17.0 Å². The van der Waals surface area contributed by atoms with Crippen molar-refractivity contribution in [1.29, 1.82) is 0 Å². The third-order valence-electron chi connectivity index (χ3n) is 4.15. The maximum Gasteiger partial charge on any atom is 0.300 e. The molecule has 8 heteroatoms. The highest BCUT2D eigenvalue weighted by Gasteiger charge is 2.12. The van der Waals surface area contributed by atoms with Gasteiger partial charge in [0, 0.05) is 23.8 Å². The van der Waals surface area contributed by atoms with E-state index in [2.05, 4.69) is 10.2 Å². The van der Waals surface area contributed by atoms with Crippen LogP contribution in [0.3, 0.4) is 0 Å². The van der Waals surface area contributed by atoms with Gasteiger partial charge in [-0.05, 0) is 48.9 Å². The minimum Gasteiger partial charge on any atom is -0.494 e. The summed E-state index contributed by atoms with van der Waals surface area (Å²) in [5, 5.41) is 8.79. The smallest absolute Gasteiger partial charge is 0.300 e. The van der Waals surface area contributed by atoms with Crippen LogP contribution in [0, 0.1) is 5.82 Å². The van der Waals surface area contributed by atoms with Gasteiger partial charge in [-0.2, -0.15) is 0 Å². The van der Waals surface area contributed by atoms with Gasteiger partial charge in [-0.15, -0.1) is 10.2 Å². The number of nitrogens with zero attached hydrogens (tertiary/aromatic N) is 4. The molecule has 2 heterocycles. The van der Waals surface area contributed by atoms with Gasteiger partial charge in [-0.1, -0.05) is 23.9 Å². The first-order valence-electron chi connectivity index (χ1n) is 8.72. The molecule has 0 fully saturated rings. The van der Waals surface area contributed by atoms with Gasteiger partial charge < -0.3 is 4.74 Å². The Morgan fingerprint density at radius 3 is 2.50 bits per heavy atom. The summed E-state index contributed by atoms with van der Waals surface area (Å²) in [5.41, 5.74) is 1.68. The first-order chi connectivity index (χ1) is 13.7. The van der Waals surface area contributed by atoms with E-state index in [1.165, 1.54) is 28.5 Å². The Kier molecular flexibility index (Phi) is 5.12. The number of halogens is 1. The molecule has 0 aliphatic heterocycles. The Labute approximate surface area is 164 Å². The van der Waals surface area contributed by atoms with Gasteiger partial charge in [0.15, 0.2) is 5.16 Å². The predicted octanol–water partition coefficient (Wildman–Crippen LogP) is 3.71. The summed E-state index contributed by atoms with van der Waals surface area (Å²) >= 11 is 1.44. The molecule has 0 amide bonds. The molecule has 2 aromatic carbocycles. The second-order valence-corrected chi connectivity index (χ2v) is 6.93. The quantitative estimate of drug-likeness (QED) is 0.465. The van der Waals surface area contributed by atoms with Crippen molar-refractivity contribution in [2.24, 2.45) is 0 Å². The highest BCUT2D eigenvalue weighted by atomic mass is 32.2. The lowest BCUT2D eigenvalue weighted by Gasteiger charge is -2.08. The van der Waals surface area contributed by atoms with Gasteiger partial charge in [-0.3, -0.25) is 13.8 Å². The number of rotatable bonds is 6. The van der Waals surface area contributed by atoms with Gasteiger partial charge in [0.25, 0.3) is 0 Å². The molecular weight excluding hydrogens is 379 g/mol. The minimum absolute atomic E-state index is 0.248. The fourth-order valence-electron chi connectivity index (χ4n) is 2.77. The van der Waals surface area contributed by atoms with Crippen LogP contribution in [0.25, 0.3) is 11.3 Å². The molecule has 0 aliphatic rings. The van der Waals surface area contributed by atoms with Gasteiger partial charge in [0.1, 0.15) is 11.6 Å². The van der Waals surface area contributed by atoms with Gasteiger partial charge in [0.2, 0.25) is 5.65 Å². The summed E-state index contributed by atoms with van der Waals surface area (Å²) in [6.07, 6.45) is 3.45. The molecule has 4 aromatic rings. The zero-order valence-corrected chi connectivity index (χ0v) is 15.9. The molecule has 0 N–H and O–H groups in total. The number of ether oxygens (including phenoxy) is 1. The average molecular weight is 396 g/mol. The lowest BCUT2D eigenvalue weighted by molar-refractivity contribution is 0.340. The zero-order valence-electron chi connectivity index (χ0n) is 15.1. The van der Waals surface area contributed by atoms with Crippen LogP contribution < -0.4 is 10.3 Å². The molecular formula is C20H17FN4O2S. The van der Waals surface area contributed by atoms with E-state index in [4.69, 9.17) is 4.74 Å². The molecule has 142 valence electrons. The molecule has 6 nitrogen and oxygen atoms in total. The van der Waals surface area contributed by atoms with Crippen molar-refractivity contribution >= 4 is 17.4 Å². The van der Waals surface area contributed by atoms with E-state index in [1.54, 1.807) is 28.9 Å². The summed E-state index contributed by atoms with van der Waals surface area (Å²) < 4.78 is 21.6. The first kappa shape index (κ1) is 18.2. The van der Waals surface area contributed by atoms with Crippen LogP contribution in [0.15, 0.2) is 70.9 Å². The molecule has 28 heavy (non-hydrogen) atoms. The molecule has 0 spiro atoms. The fraction of sp³-hybridized carbons (Fsp3) is 0.150. The molecule has 0 radical (unpaired) electrons. The predicted molar refractivity (Wildman–Crippen MR) is 106 cm³/mol. The lowest BCUT2D eigenvalue weighted by atomic mass is 10.2. The topological polar surface area (TPSA) is 61.4 Å².